The molecule has 0 bridgehead atoms. The Balaban J connectivity index is 0.00000161. The third kappa shape index (κ3) is 3.45. The zero-order valence-electron chi connectivity index (χ0n) is 12.3. The lowest BCUT2D eigenvalue weighted by Gasteiger charge is -2.42. The molecule has 0 spiro atoms. The summed E-state index contributed by atoms with van der Waals surface area (Å²) in [5, 5.41) is 3.98. The number of nitrogens with two attached hydrogens (primary N) is 1. The SMILES string of the molecule is CC1(C)CN(Cc2nc(-c3ccoc3)no2)CCC1N.Cl. The highest BCUT2D eigenvalue weighted by atomic mass is 35.5. The van der Waals surface area contributed by atoms with Gasteiger partial charge in [-0.15, -0.1) is 12.4 Å². The molecule has 7 heteroatoms. The molecular weight excluding hydrogens is 292 g/mol. The maximum absolute atomic E-state index is 6.15. The van der Waals surface area contributed by atoms with Crippen LogP contribution in [0.15, 0.2) is 27.5 Å². The molecule has 1 unspecified atom stereocenters. The Morgan fingerprint density at radius 1 is 1.48 bits per heavy atom. The van der Waals surface area contributed by atoms with Gasteiger partial charge in [0.2, 0.25) is 11.7 Å². The summed E-state index contributed by atoms with van der Waals surface area (Å²) in [5.74, 6) is 1.20. The summed E-state index contributed by atoms with van der Waals surface area (Å²) >= 11 is 0. The Kier molecular flexibility index (Phi) is 4.70. The van der Waals surface area contributed by atoms with Crippen LogP contribution in [-0.2, 0) is 6.54 Å². The van der Waals surface area contributed by atoms with Gasteiger partial charge < -0.3 is 14.7 Å². The minimum absolute atomic E-state index is 0. The third-order valence-electron chi connectivity index (χ3n) is 4.00. The Morgan fingerprint density at radius 2 is 2.29 bits per heavy atom. The van der Waals surface area contributed by atoms with Gasteiger partial charge in [0.05, 0.1) is 18.4 Å². The number of nitrogens with zero attached hydrogens (tertiary/aromatic N) is 3. The molecule has 0 amide bonds. The van der Waals surface area contributed by atoms with Gasteiger partial charge in [-0.05, 0) is 17.9 Å². The highest BCUT2D eigenvalue weighted by Crippen LogP contribution is 2.28. The normalized spacial score (nSPS) is 22.0. The molecule has 6 nitrogen and oxygen atoms in total. The first-order valence-electron chi connectivity index (χ1n) is 6.88. The van der Waals surface area contributed by atoms with Crippen LogP contribution in [0.25, 0.3) is 11.4 Å². The van der Waals surface area contributed by atoms with E-state index >= 15 is 0 Å². The molecule has 3 heterocycles. The fraction of sp³-hybridized carbons (Fsp3) is 0.571. The molecule has 2 aromatic rings. The van der Waals surface area contributed by atoms with Crippen LogP contribution in [0.2, 0.25) is 0 Å². The molecule has 0 saturated carbocycles. The van der Waals surface area contributed by atoms with Gasteiger partial charge in [-0.2, -0.15) is 4.98 Å². The number of aromatic nitrogens is 2. The van der Waals surface area contributed by atoms with E-state index in [1.807, 2.05) is 6.07 Å². The number of rotatable bonds is 3. The van der Waals surface area contributed by atoms with Gasteiger partial charge >= 0.3 is 0 Å². The molecule has 1 fully saturated rings. The number of furan rings is 1. The molecule has 0 aromatic carbocycles. The minimum Gasteiger partial charge on any atom is -0.472 e. The van der Waals surface area contributed by atoms with Gasteiger partial charge in [-0.25, -0.2) is 0 Å². The molecule has 1 saturated heterocycles. The second-order valence-electron chi connectivity index (χ2n) is 6.12. The summed E-state index contributed by atoms with van der Waals surface area (Å²) < 4.78 is 10.3. The zero-order chi connectivity index (χ0) is 14.2. The van der Waals surface area contributed by atoms with Crippen molar-refractivity contribution in [2.45, 2.75) is 32.9 Å². The topological polar surface area (TPSA) is 81.3 Å². The van der Waals surface area contributed by atoms with Gasteiger partial charge in [0.1, 0.15) is 6.26 Å². The predicted octanol–water partition coefficient (Wildman–Crippen LogP) is 2.31. The van der Waals surface area contributed by atoms with Crippen molar-refractivity contribution in [2.75, 3.05) is 13.1 Å². The summed E-state index contributed by atoms with van der Waals surface area (Å²) in [5.41, 5.74) is 7.10. The summed E-state index contributed by atoms with van der Waals surface area (Å²) in [4.78, 5) is 6.72. The van der Waals surface area contributed by atoms with Crippen LogP contribution in [0.4, 0.5) is 0 Å². The Bertz CT molecular complexity index is 567. The van der Waals surface area contributed by atoms with E-state index in [0.29, 0.717) is 18.3 Å². The van der Waals surface area contributed by atoms with Gasteiger partial charge in [0.25, 0.3) is 0 Å². The molecule has 0 radical (unpaired) electrons. The van der Waals surface area contributed by atoms with Crippen molar-refractivity contribution in [3.8, 4) is 11.4 Å². The molecule has 2 aromatic heterocycles. The van der Waals surface area contributed by atoms with Crippen molar-refractivity contribution in [2.24, 2.45) is 11.1 Å². The Hall–Kier alpha value is -1.37. The van der Waals surface area contributed by atoms with E-state index < -0.39 is 0 Å². The van der Waals surface area contributed by atoms with E-state index in [0.717, 1.165) is 25.1 Å². The van der Waals surface area contributed by atoms with Crippen LogP contribution in [0.5, 0.6) is 0 Å². The third-order valence-corrected chi connectivity index (χ3v) is 4.00. The van der Waals surface area contributed by atoms with Crippen LogP contribution in [0, 0.1) is 5.41 Å². The quantitative estimate of drug-likeness (QED) is 0.936. The molecule has 0 aliphatic carbocycles. The average Bonchev–Trinajstić information content (AvgIpc) is 3.03. The van der Waals surface area contributed by atoms with Crippen molar-refractivity contribution in [1.29, 1.82) is 0 Å². The lowest BCUT2D eigenvalue weighted by Crippen LogP contribution is -2.52. The standard InChI is InChI=1S/C14H20N4O2.ClH/c1-14(2)9-18(5-3-11(14)15)7-12-16-13(17-20-12)10-4-6-19-8-10;/h4,6,8,11H,3,5,7,9,15H2,1-2H3;1H. The number of hydrogen-bond donors (Lipinski definition) is 1. The highest BCUT2D eigenvalue weighted by molar-refractivity contribution is 5.85. The van der Waals surface area contributed by atoms with Crippen molar-refractivity contribution in [1.82, 2.24) is 15.0 Å². The lowest BCUT2D eigenvalue weighted by molar-refractivity contribution is 0.0811. The second-order valence-corrected chi connectivity index (χ2v) is 6.12. The molecule has 116 valence electrons. The maximum Gasteiger partial charge on any atom is 0.241 e. The molecule has 1 aliphatic heterocycles. The fourth-order valence-electron chi connectivity index (χ4n) is 2.64. The van der Waals surface area contributed by atoms with Crippen molar-refractivity contribution >= 4 is 12.4 Å². The van der Waals surface area contributed by atoms with E-state index in [2.05, 4.69) is 28.9 Å². The van der Waals surface area contributed by atoms with Crippen LogP contribution in [-0.4, -0.2) is 34.2 Å². The fourth-order valence-corrected chi connectivity index (χ4v) is 2.64. The highest BCUT2D eigenvalue weighted by Gasteiger charge is 2.33. The average molecular weight is 313 g/mol. The maximum atomic E-state index is 6.15. The lowest BCUT2D eigenvalue weighted by atomic mass is 9.80. The molecule has 21 heavy (non-hydrogen) atoms. The van der Waals surface area contributed by atoms with E-state index in [1.54, 1.807) is 12.5 Å². The zero-order valence-corrected chi connectivity index (χ0v) is 13.1. The summed E-state index contributed by atoms with van der Waals surface area (Å²) in [6.45, 7) is 6.98. The summed E-state index contributed by atoms with van der Waals surface area (Å²) in [6.07, 6.45) is 4.20. The number of halogens is 1. The van der Waals surface area contributed by atoms with Crippen LogP contribution in [0.1, 0.15) is 26.2 Å². The van der Waals surface area contributed by atoms with Crippen LogP contribution in [0.3, 0.4) is 0 Å². The summed E-state index contributed by atoms with van der Waals surface area (Å²) in [7, 11) is 0. The van der Waals surface area contributed by atoms with E-state index in [-0.39, 0.29) is 23.9 Å². The largest absolute Gasteiger partial charge is 0.472 e. The number of likely N-dealkylation sites (tertiary alicyclic amines) is 1. The smallest absolute Gasteiger partial charge is 0.241 e. The van der Waals surface area contributed by atoms with Crippen molar-refractivity contribution < 1.29 is 8.94 Å². The van der Waals surface area contributed by atoms with Crippen molar-refractivity contribution in [3.05, 3.63) is 24.5 Å². The van der Waals surface area contributed by atoms with Crippen LogP contribution >= 0.6 is 12.4 Å². The molecule has 1 atom stereocenters. The Morgan fingerprint density at radius 3 is 2.95 bits per heavy atom. The molecule has 3 rings (SSSR count). The van der Waals surface area contributed by atoms with E-state index in [4.69, 9.17) is 14.7 Å². The van der Waals surface area contributed by atoms with Gasteiger partial charge in [0, 0.05) is 19.1 Å². The molecule has 1 aliphatic rings. The van der Waals surface area contributed by atoms with Gasteiger partial charge in [0.15, 0.2) is 0 Å². The first-order chi connectivity index (χ1) is 9.54. The monoisotopic (exact) mass is 312 g/mol. The van der Waals surface area contributed by atoms with Crippen LogP contribution < -0.4 is 5.73 Å². The molecular formula is C14H21ClN4O2. The number of piperidine rings is 1. The molecule has 2 N–H and O–H groups in total. The van der Waals surface area contributed by atoms with E-state index in [1.165, 1.54) is 0 Å². The minimum atomic E-state index is 0. The first kappa shape index (κ1) is 16.0. The first-order valence-corrected chi connectivity index (χ1v) is 6.88. The Labute approximate surface area is 130 Å². The van der Waals surface area contributed by atoms with Gasteiger partial charge in [-0.3, -0.25) is 4.90 Å². The summed E-state index contributed by atoms with van der Waals surface area (Å²) in [6, 6.07) is 2.07. The van der Waals surface area contributed by atoms with E-state index in [9.17, 15) is 0 Å². The van der Waals surface area contributed by atoms with Crippen molar-refractivity contribution in [3.63, 3.8) is 0 Å². The predicted molar refractivity (Wildman–Crippen MR) is 80.9 cm³/mol. The second kappa shape index (κ2) is 6.17. The van der Waals surface area contributed by atoms with Gasteiger partial charge in [-0.1, -0.05) is 19.0 Å². The number of hydrogen-bond acceptors (Lipinski definition) is 6.